The summed E-state index contributed by atoms with van der Waals surface area (Å²) < 4.78 is 7.09. The van der Waals surface area contributed by atoms with Crippen LogP contribution >= 0.6 is 27.3 Å². The number of hydrogen-bond donors (Lipinski definition) is 1. The van der Waals surface area contributed by atoms with E-state index in [-0.39, 0.29) is 6.04 Å². The Morgan fingerprint density at radius 3 is 2.75 bits per heavy atom. The van der Waals surface area contributed by atoms with Gasteiger partial charge < -0.3 is 10.2 Å². The summed E-state index contributed by atoms with van der Waals surface area (Å²) in [6.07, 6.45) is 0.850. The molecule has 104 valence electrons. The molecule has 0 saturated carbocycles. The molecule has 0 fully saturated rings. The molecule has 0 amide bonds. The number of benzene rings is 1. The van der Waals surface area contributed by atoms with Crippen LogP contribution in [0, 0.1) is 6.92 Å². The highest BCUT2D eigenvalue weighted by Gasteiger charge is 2.22. The Morgan fingerprint density at radius 2 is 2.10 bits per heavy atom. The Labute approximate surface area is 130 Å². The van der Waals surface area contributed by atoms with Gasteiger partial charge in [-0.15, -0.1) is 11.3 Å². The van der Waals surface area contributed by atoms with Crippen LogP contribution in [0.25, 0.3) is 11.0 Å². The first-order valence-corrected chi connectivity index (χ1v) is 8.24. The normalized spacial score (nSPS) is 13.0. The first-order valence-electron chi connectivity index (χ1n) is 6.63. The lowest BCUT2D eigenvalue weighted by Crippen LogP contribution is -2.11. The average molecular weight is 350 g/mol. The Bertz CT molecular complexity index is 740. The van der Waals surface area contributed by atoms with E-state index in [9.17, 15) is 0 Å². The van der Waals surface area contributed by atoms with E-state index in [2.05, 4.69) is 41.9 Å². The zero-order chi connectivity index (χ0) is 14.3. The molecule has 2 aromatic heterocycles. The lowest BCUT2D eigenvalue weighted by Gasteiger charge is -2.10. The van der Waals surface area contributed by atoms with Gasteiger partial charge in [-0.1, -0.05) is 25.1 Å². The molecule has 3 aromatic rings. The van der Waals surface area contributed by atoms with Crippen molar-refractivity contribution in [2.75, 3.05) is 0 Å². The maximum Gasteiger partial charge on any atom is 0.134 e. The number of para-hydroxylation sites is 1. The molecule has 4 heteroatoms. The second-order valence-corrected chi connectivity index (χ2v) is 7.27. The molecule has 0 spiro atoms. The third kappa shape index (κ3) is 2.22. The predicted molar refractivity (Wildman–Crippen MR) is 88.4 cm³/mol. The summed E-state index contributed by atoms with van der Waals surface area (Å²) in [5.41, 5.74) is 9.78. The molecular weight excluding hydrogens is 334 g/mol. The minimum absolute atomic E-state index is 0.136. The number of hydrogen-bond acceptors (Lipinski definition) is 3. The van der Waals surface area contributed by atoms with Crippen molar-refractivity contribution in [3.63, 3.8) is 0 Å². The van der Waals surface area contributed by atoms with Crippen LogP contribution in [-0.2, 0) is 6.42 Å². The Morgan fingerprint density at radius 1 is 1.35 bits per heavy atom. The molecule has 2 N–H and O–H groups in total. The van der Waals surface area contributed by atoms with Gasteiger partial charge in [-0.25, -0.2) is 0 Å². The fourth-order valence-corrected chi connectivity index (χ4v) is 4.08. The molecule has 0 aliphatic carbocycles. The summed E-state index contributed by atoms with van der Waals surface area (Å²) in [7, 11) is 0. The third-order valence-corrected chi connectivity index (χ3v) is 5.75. The van der Waals surface area contributed by atoms with E-state index in [1.165, 1.54) is 5.56 Å². The number of nitrogens with two attached hydrogens (primary N) is 1. The molecule has 0 saturated heterocycles. The lowest BCUT2D eigenvalue weighted by atomic mass is 10.0. The van der Waals surface area contributed by atoms with Gasteiger partial charge in [0.1, 0.15) is 11.3 Å². The largest absolute Gasteiger partial charge is 0.461 e. The average Bonchev–Trinajstić information content (AvgIpc) is 2.99. The highest BCUT2D eigenvalue weighted by atomic mass is 79.9. The van der Waals surface area contributed by atoms with Crippen LogP contribution < -0.4 is 5.73 Å². The number of thiophene rings is 1. The molecule has 0 radical (unpaired) electrons. The van der Waals surface area contributed by atoms with E-state index < -0.39 is 0 Å². The topological polar surface area (TPSA) is 39.2 Å². The summed E-state index contributed by atoms with van der Waals surface area (Å²) in [6.45, 7) is 4.19. The van der Waals surface area contributed by atoms with Crippen LogP contribution in [0.1, 0.15) is 34.7 Å². The summed E-state index contributed by atoms with van der Waals surface area (Å²) in [5.74, 6) is 0.987. The molecule has 1 atom stereocenters. The molecule has 0 aliphatic heterocycles. The van der Waals surface area contributed by atoms with Crippen molar-refractivity contribution >= 4 is 38.2 Å². The molecule has 20 heavy (non-hydrogen) atoms. The zero-order valence-corrected chi connectivity index (χ0v) is 13.8. The van der Waals surface area contributed by atoms with E-state index in [1.54, 1.807) is 11.3 Å². The molecule has 2 heterocycles. The van der Waals surface area contributed by atoms with Gasteiger partial charge in [-0.3, -0.25) is 0 Å². The Kier molecular flexibility index (Phi) is 3.71. The van der Waals surface area contributed by atoms with Crippen molar-refractivity contribution in [1.29, 1.82) is 0 Å². The van der Waals surface area contributed by atoms with Crippen LogP contribution in [0.15, 0.2) is 38.5 Å². The quantitative estimate of drug-likeness (QED) is 0.707. The van der Waals surface area contributed by atoms with Crippen LogP contribution in [0.2, 0.25) is 0 Å². The lowest BCUT2D eigenvalue weighted by molar-refractivity contribution is 0.547. The van der Waals surface area contributed by atoms with Crippen molar-refractivity contribution in [2.24, 2.45) is 5.73 Å². The maximum atomic E-state index is 6.52. The van der Waals surface area contributed by atoms with Crippen molar-refractivity contribution < 1.29 is 4.42 Å². The van der Waals surface area contributed by atoms with Crippen molar-refractivity contribution in [1.82, 2.24) is 0 Å². The van der Waals surface area contributed by atoms with Gasteiger partial charge in [0.15, 0.2) is 0 Å². The van der Waals surface area contributed by atoms with Crippen molar-refractivity contribution in [3.8, 4) is 0 Å². The van der Waals surface area contributed by atoms with E-state index in [0.29, 0.717) is 0 Å². The van der Waals surface area contributed by atoms with Crippen molar-refractivity contribution in [3.05, 3.63) is 55.9 Å². The molecule has 2 nitrogen and oxygen atoms in total. The second kappa shape index (κ2) is 5.35. The highest BCUT2D eigenvalue weighted by molar-refractivity contribution is 9.11. The standard InChI is InChI=1S/C16H16BrNOS/c1-3-11-14(10-6-4-5-7-12(10)19-11)15(18)13-8-9(2)16(17)20-13/h4-8,15H,3,18H2,1-2H3. The molecule has 1 unspecified atom stereocenters. The van der Waals surface area contributed by atoms with E-state index >= 15 is 0 Å². The minimum Gasteiger partial charge on any atom is -0.461 e. The van der Waals surface area contributed by atoms with Gasteiger partial charge in [0.2, 0.25) is 0 Å². The van der Waals surface area contributed by atoms with Gasteiger partial charge in [0.05, 0.1) is 9.83 Å². The number of rotatable bonds is 3. The zero-order valence-electron chi connectivity index (χ0n) is 11.4. The predicted octanol–water partition coefficient (Wildman–Crippen LogP) is 5.18. The molecule has 3 rings (SSSR count). The van der Waals surface area contributed by atoms with Gasteiger partial charge in [0.25, 0.3) is 0 Å². The molecular formula is C16H16BrNOS. The van der Waals surface area contributed by atoms with Crippen LogP contribution in [0.5, 0.6) is 0 Å². The monoisotopic (exact) mass is 349 g/mol. The Balaban J connectivity index is 2.17. The van der Waals surface area contributed by atoms with Crippen LogP contribution in [0.4, 0.5) is 0 Å². The van der Waals surface area contributed by atoms with E-state index in [0.717, 1.165) is 37.4 Å². The smallest absolute Gasteiger partial charge is 0.134 e. The second-order valence-electron chi connectivity index (χ2n) is 4.87. The third-order valence-electron chi connectivity index (χ3n) is 3.53. The number of halogens is 1. The maximum absolute atomic E-state index is 6.52. The number of fused-ring (bicyclic) bond motifs is 1. The van der Waals surface area contributed by atoms with Gasteiger partial charge in [-0.05, 0) is 40.5 Å². The first kappa shape index (κ1) is 13.9. The fourth-order valence-electron chi connectivity index (χ4n) is 2.50. The first-order chi connectivity index (χ1) is 9.61. The highest BCUT2D eigenvalue weighted by Crippen LogP contribution is 2.38. The molecule has 0 aliphatic rings. The summed E-state index contributed by atoms with van der Waals surface area (Å²) in [5, 5.41) is 1.12. The molecule has 1 aromatic carbocycles. The van der Waals surface area contributed by atoms with E-state index in [4.69, 9.17) is 10.2 Å². The van der Waals surface area contributed by atoms with Crippen LogP contribution in [-0.4, -0.2) is 0 Å². The Hall–Kier alpha value is -1.10. The number of furan rings is 1. The van der Waals surface area contributed by atoms with Crippen LogP contribution in [0.3, 0.4) is 0 Å². The van der Waals surface area contributed by atoms with Gasteiger partial charge in [-0.2, -0.15) is 0 Å². The van der Waals surface area contributed by atoms with Gasteiger partial charge >= 0.3 is 0 Å². The molecule has 0 bridgehead atoms. The van der Waals surface area contributed by atoms with E-state index in [1.807, 2.05) is 18.2 Å². The van der Waals surface area contributed by atoms with Gasteiger partial charge in [0, 0.05) is 22.2 Å². The minimum atomic E-state index is -0.136. The fraction of sp³-hybridized carbons (Fsp3) is 0.250. The summed E-state index contributed by atoms with van der Waals surface area (Å²) in [4.78, 5) is 1.16. The SMILES string of the molecule is CCc1oc2ccccc2c1C(N)c1cc(C)c(Br)s1. The summed E-state index contributed by atoms with van der Waals surface area (Å²) in [6, 6.07) is 10.1. The number of aryl methyl sites for hydroxylation is 2. The summed E-state index contributed by atoms with van der Waals surface area (Å²) >= 11 is 5.27. The van der Waals surface area contributed by atoms with Crippen molar-refractivity contribution in [2.45, 2.75) is 26.3 Å².